The largest absolute Gasteiger partial charge is 0.493 e. The van der Waals surface area contributed by atoms with E-state index in [2.05, 4.69) is 6.58 Å². The molecular formula is C23H23NO3S2. The maximum absolute atomic E-state index is 12.5. The molecule has 1 heterocycles. The Kier molecular flexibility index (Phi) is 7.49. The van der Waals surface area contributed by atoms with Gasteiger partial charge in [-0.3, -0.25) is 9.69 Å². The summed E-state index contributed by atoms with van der Waals surface area (Å²) in [5.74, 6) is 1.50. The molecular weight excluding hydrogens is 402 g/mol. The lowest BCUT2D eigenvalue weighted by atomic mass is 10.2. The van der Waals surface area contributed by atoms with E-state index in [9.17, 15) is 4.79 Å². The molecule has 3 rings (SSSR count). The third-order valence-electron chi connectivity index (χ3n) is 4.20. The molecule has 4 nitrogen and oxygen atoms in total. The highest BCUT2D eigenvalue weighted by Gasteiger charge is 2.31. The molecule has 150 valence electrons. The zero-order valence-corrected chi connectivity index (χ0v) is 17.9. The lowest BCUT2D eigenvalue weighted by Crippen LogP contribution is -2.27. The van der Waals surface area contributed by atoms with Gasteiger partial charge in [-0.1, -0.05) is 60.4 Å². The van der Waals surface area contributed by atoms with Gasteiger partial charge in [-0.15, -0.1) is 6.58 Å². The van der Waals surface area contributed by atoms with Crippen LogP contribution in [0.15, 0.2) is 66.1 Å². The summed E-state index contributed by atoms with van der Waals surface area (Å²) >= 11 is 6.59. The van der Waals surface area contributed by atoms with Crippen molar-refractivity contribution in [3.05, 3.63) is 77.2 Å². The van der Waals surface area contributed by atoms with Crippen molar-refractivity contribution in [2.24, 2.45) is 0 Å². The van der Waals surface area contributed by atoms with Gasteiger partial charge in [-0.2, -0.15) is 0 Å². The summed E-state index contributed by atoms with van der Waals surface area (Å²) in [5, 5.41) is 0. The normalized spacial score (nSPS) is 15.1. The summed E-state index contributed by atoms with van der Waals surface area (Å²) in [7, 11) is 0. The summed E-state index contributed by atoms with van der Waals surface area (Å²) in [5.41, 5.74) is 2.03. The Bertz CT molecular complexity index is 939. The van der Waals surface area contributed by atoms with Crippen LogP contribution in [0.5, 0.6) is 11.5 Å². The predicted octanol–water partition coefficient (Wildman–Crippen LogP) is 5.23. The van der Waals surface area contributed by atoms with Gasteiger partial charge in [-0.25, -0.2) is 0 Å². The first-order chi connectivity index (χ1) is 14.1. The van der Waals surface area contributed by atoms with Gasteiger partial charge in [0, 0.05) is 18.5 Å². The van der Waals surface area contributed by atoms with E-state index in [1.807, 2.05) is 61.5 Å². The summed E-state index contributed by atoms with van der Waals surface area (Å²) in [6, 6.07) is 15.6. The summed E-state index contributed by atoms with van der Waals surface area (Å²) in [4.78, 5) is 14.7. The number of carbonyl (C=O) groups is 1. The highest BCUT2D eigenvalue weighted by atomic mass is 32.2. The van der Waals surface area contributed by atoms with Crippen LogP contribution in [0.25, 0.3) is 6.08 Å². The summed E-state index contributed by atoms with van der Waals surface area (Å²) in [6.45, 7) is 7.23. The molecule has 0 aliphatic carbocycles. The summed E-state index contributed by atoms with van der Waals surface area (Å²) < 4.78 is 12.2. The Labute approximate surface area is 181 Å². The fraction of sp³-hybridized carbons (Fsp3) is 0.217. The fourth-order valence-corrected chi connectivity index (χ4v) is 4.06. The van der Waals surface area contributed by atoms with E-state index in [1.165, 1.54) is 17.3 Å². The number of hydrogen-bond acceptors (Lipinski definition) is 5. The van der Waals surface area contributed by atoms with Crippen LogP contribution >= 0.6 is 24.0 Å². The van der Waals surface area contributed by atoms with Crippen molar-refractivity contribution in [2.45, 2.75) is 13.3 Å². The molecule has 0 spiro atoms. The van der Waals surface area contributed by atoms with E-state index >= 15 is 0 Å². The van der Waals surface area contributed by atoms with Crippen molar-refractivity contribution in [3.8, 4) is 11.5 Å². The second kappa shape index (κ2) is 10.3. The van der Waals surface area contributed by atoms with Crippen LogP contribution in [0.1, 0.15) is 17.5 Å². The van der Waals surface area contributed by atoms with Crippen LogP contribution in [-0.4, -0.2) is 34.9 Å². The van der Waals surface area contributed by atoms with Crippen molar-refractivity contribution in [1.82, 2.24) is 4.90 Å². The SMILES string of the molecule is C=CCN1C(=O)/C(=C\c2ccccc2OCCCOc2cccc(C)c2)SC1=S. The number of nitrogens with zero attached hydrogens (tertiary/aromatic N) is 1. The number of rotatable bonds is 9. The monoisotopic (exact) mass is 425 g/mol. The number of hydrogen-bond donors (Lipinski definition) is 0. The topological polar surface area (TPSA) is 38.8 Å². The minimum Gasteiger partial charge on any atom is -0.493 e. The maximum Gasteiger partial charge on any atom is 0.266 e. The summed E-state index contributed by atoms with van der Waals surface area (Å²) in [6.07, 6.45) is 4.26. The Morgan fingerprint density at radius 1 is 1.14 bits per heavy atom. The quantitative estimate of drug-likeness (QED) is 0.238. The first-order valence-corrected chi connectivity index (χ1v) is 10.6. The van der Waals surface area contributed by atoms with Crippen LogP contribution in [0.2, 0.25) is 0 Å². The third kappa shape index (κ3) is 5.71. The van der Waals surface area contributed by atoms with Gasteiger partial charge in [0.1, 0.15) is 15.8 Å². The van der Waals surface area contributed by atoms with Gasteiger partial charge in [0.2, 0.25) is 0 Å². The number of thioether (sulfide) groups is 1. The van der Waals surface area contributed by atoms with Gasteiger partial charge in [0.25, 0.3) is 5.91 Å². The van der Waals surface area contributed by atoms with Crippen molar-refractivity contribution < 1.29 is 14.3 Å². The predicted molar refractivity (Wildman–Crippen MR) is 123 cm³/mol. The molecule has 1 amide bonds. The number of ether oxygens (including phenoxy) is 2. The zero-order chi connectivity index (χ0) is 20.6. The zero-order valence-electron chi connectivity index (χ0n) is 16.3. The molecule has 2 aromatic rings. The minimum absolute atomic E-state index is 0.0961. The smallest absolute Gasteiger partial charge is 0.266 e. The molecule has 1 saturated heterocycles. The molecule has 0 saturated carbocycles. The van der Waals surface area contributed by atoms with E-state index in [4.69, 9.17) is 21.7 Å². The molecule has 0 atom stereocenters. The van der Waals surface area contributed by atoms with Crippen molar-refractivity contribution in [2.75, 3.05) is 19.8 Å². The highest BCUT2D eigenvalue weighted by Crippen LogP contribution is 2.34. The van der Waals surface area contributed by atoms with Gasteiger partial charge in [0.15, 0.2) is 0 Å². The fourth-order valence-electron chi connectivity index (χ4n) is 2.80. The van der Waals surface area contributed by atoms with E-state index in [0.29, 0.717) is 29.0 Å². The number of aryl methyl sites for hydroxylation is 1. The molecule has 1 aliphatic heterocycles. The molecule has 6 heteroatoms. The second-order valence-electron chi connectivity index (χ2n) is 6.49. The number of benzene rings is 2. The molecule has 1 aliphatic rings. The average molecular weight is 426 g/mol. The Hall–Kier alpha value is -2.57. The van der Waals surface area contributed by atoms with Gasteiger partial charge < -0.3 is 9.47 Å². The maximum atomic E-state index is 12.5. The molecule has 0 N–H and O–H groups in total. The standard InChI is InChI=1S/C23H23NO3S2/c1-3-12-24-22(25)21(29-23(24)28)16-18-9-4-5-11-20(18)27-14-7-13-26-19-10-6-8-17(2)15-19/h3-6,8-11,15-16H,1,7,12-14H2,2H3/b21-16+. The van der Waals surface area contributed by atoms with Gasteiger partial charge in [-0.05, 0) is 36.8 Å². The molecule has 1 fully saturated rings. The van der Waals surface area contributed by atoms with Crippen LogP contribution in [0, 0.1) is 6.92 Å². The lowest BCUT2D eigenvalue weighted by molar-refractivity contribution is -0.121. The molecule has 0 radical (unpaired) electrons. The van der Waals surface area contributed by atoms with Gasteiger partial charge in [0.05, 0.1) is 18.1 Å². The van der Waals surface area contributed by atoms with Crippen molar-refractivity contribution in [1.29, 1.82) is 0 Å². The van der Waals surface area contributed by atoms with Crippen LogP contribution in [0.3, 0.4) is 0 Å². The Morgan fingerprint density at radius 3 is 2.72 bits per heavy atom. The van der Waals surface area contributed by atoms with Gasteiger partial charge >= 0.3 is 0 Å². The minimum atomic E-state index is -0.0961. The van der Waals surface area contributed by atoms with Crippen molar-refractivity contribution in [3.63, 3.8) is 0 Å². The molecule has 0 unspecified atom stereocenters. The lowest BCUT2D eigenvalue weighted by Gasteiger charge is -2.11. The van der Waals surface area contributed by atoms with E-state index in [1.54, 1.807) is 11.0 Å². The average Bonchev–Trinajstić information content (AvgIpc) is 2.97. The number of para-hydroxylation sites is 1. The van der Waals surface area contributed by atoms with E-state index < -0.39 is 0 Å². The number of amides is 1. The Morgan fingerprint density at radius 2 is 1.93 bits per heavy atom. The van der Waals surface area contributed by atoms with E-state index in [0.717, 1.165) is 23.5 Å². The van der Waals surface area contributed by atoms with Crippen molar-refractivity contribution >= 4 is 40.3 Å². The first kappa shape index (κ1) is 21.1. The molecule has 2 aromatic carbocycles. The highest BCUT2D eigenvalue weighted by molar-refractivity contribution is 8.26. The van der Waals surface area contributed by atoms with Crippen LogP contribution in [-0.2, 0) is 4.79 Å². The second-order valence-corrected chi connectivity index (χ2v) is 8.16. The first-order valence-electron chi connectivity index (χ1n) is 9.36. The van der Waals surface area contributed by atoms with Crippen LogP contribution < -0.4 is 9.47 Å². The number of carbonyl (C=O) groups excluding carboxylic acids is 1. The third-order valence-corrected chi connectivity index (χ3v) is 5.57. The molecule has 0 bridgehead atoms. The molecule has 29 heavy (non-hydrogen) atoms. The number of thiocarbonyl (C=S) groups is 1. The van der Waals surface area contributed by atoms with E-state index in [-0.39, 0.29) is 5.91 Å². The molecule has 0 aromatic heterocycles. The van der Waals surface area contributed by atoms with Crippen LogP contribution in [0.4, 0.5) is 0 Å². The Balaban J connectivity index is 1.57.